The maximum absolute atomic E-state index is 12.5. The predicted molar refractivity (Wildman–Crippen MR) is 96.9 cm³/mol. The van der Waals surface area contributed by atoms with Crippen LogP contribution in [0.2, 0.25) is 0 Å². The Hall–Kier alpha value is -1.42. The fourth-order valence-electron chi connectivity index (χ4n) is 4.00. The molecule has 0 bridgehead atoms. The Morgan fingerprint density at radius 3 is 2.58 bits per heavy atom. The van der Waals surface area contributed by atoms with Gasteiger partial charge in [0.15, 0.2) is 0 Å². The normalized spacial score (nSPS) is 20.3. The van der Waals surface area contributed by atoms with Crippen molar-refractivity contribution in [3.05, 3.63) is 29.6 Å². The summed E-state index contributed by atoms with van der Waals surface area (Å²) >= 11 is 0. The Labute approximate surface area is 146 Å². The van der Waals surface area contributed by atoms with Gasteiger partial charge in [0.25, 0.3) is 0 Å². The minimum Gasteiger partial charge on any atom is -0.340 e. The third-order valence-corrected chi connectivity index (χ3v) is 5.54. The van der Waals surface area contributed by atoms with Crippen molar-refractivity contribution in [3.63, 3.8) is 0 Å². The second kappa shape index (κ2) is 8.61. The molecule has 4 heteroatoms. The van der Waals surface area contributed by atoms with Crippen LogP contribution >= 0.6 is 0 Å². The number of hydrogen-bond acceptors (Lipinski definition) is 3. The first-order valence-corrected chi connectivity index (χ1v) is 9.63. The molecule has 0 aromatic carbocycles. The summed E-state index contributed by atoms with van der Waals surface area (Å²) in [5, 5.41) is 0. The molecule has 0 spiro atoms. The van der Waals surface area contributed by atoms with Crippen LogP contribution < -0.4 is 0 Å². The summed E-state index contributed by atoms with van der Waals surface area (Å²) in [7, 11) is 0. The number of carbonyl (C=O) groups is 1. The molecule has 4 nitrogen and oxygen atoms in total. The van der Waals surface area contributed by atoms with Crippen LogP contribution in [-0.4, -0.2) is 53.4 Å². The van der Waals surface area contributed by atoms with E-state index < -0.39 is 0 Å². The lowest BCUT2D eigenvalue weighted by atomic mass is 9.86. The van der Waals surface area contributed by atoms with Crippen molar-refractivity contribution in [1.29, 1.82) is 0 Å². The van der Waals surface area contributed by atoms with Gasteiger partial charge in [0.2, 0.25) is 5.91 Å². The summed E-state index contributed by atoms with van der Waals surface area (Å²) in [4.78, 5) is 21.6. The van der Waals surface area contributed by atoms with Crippen molar-refractivity contribution in [2.24, 2.45) is 5.92 Å². The fraction of sp³-hybridized carbons (Fsp3) is 0.700. The average Bonchev–Trinajstić information content (AvgIpc) is 2.61. The molecule has 2 fully saturated rings. The number of carbonyl (C=O) groups excluding carboxylic acids is 1. The molecule has 132 valence electrons. The zero-order valence-electron chi connectivity index (χ0n) is 15.0. The largest absolute Gasteiger partial charge is 0.340 e. The first kappa shape index (κ1) is 17.4. The highest BCUT2D eigenvalue weighted by molar-refractivity contribution is 5.76. The molecule has 24 heavy (non-hydrogen) atoms. The van der Waals surface area contributed by atoms with E-state index in [2.05, 4.69) is 26.9 Å². The van der Waals surface area contributed by atoms with Crippen LogP contribution in [0.25, 0.3) is 0 Å². The Morgan fingerprint density at radius 2 is 1.88 bits per heavy atom. The SMILES string of the molecule is Cc1cccc(CCN2CCN(C(=O)CC3CCCCC3)CC2)n1. The molecule has 2 aliphatic rings. The van der Waals surface area contributed by atoms with Gasteiger partial charge >= 0.3 is 0 Å². The molecule has 3 rings (SSSR count). The number of aryl methyl sites for hydroxylation is 1. The molecule has 1 aromatic rings. The van der Waals surface area contributed by atoms with Crippen molar-refractivity contribution in [2.45, 2.75) is 51.9 Å². The monoisotopic (exact) mass is 329 g/mol. The smallest absolute Gasteiger partial charge is 0.222 e. The fourth-order valence-corrected chi connectivity index (χ4v) is 4.00. The van der Waals surface area contributed by atoms with Gasteiger partial charge in [0.1, 0.15) is 0 Å². The molecule has 0 radical (unpaired) electrons. The van der Waals surface area contributed by atoms with Crippen LogP contribution in [0.5, 0.6) is 0 Å². The van der Waals surface area contributed by atoms with E-state index in [-0.39, 0.29) is 0 Å². The third-order valence-electron chi connectivity index (χ3n) is 5.54. The zero-order valence-corrected chi connectivity index (χ0v) is 15.0. The lowest BCUT2D eigenvalue weighted by molar-refractivity contribution is -0.134. The third kappa shape index (κ3) is 5.04. The first-order valence-electron chi connectivity index (χ1n) is 9.63. The summed E-state index contributed by atoms with van der Waals surface area (Å²) in [5.74, 6) is 1.04. The van der Waals surface area contributed by atoms with Gasteiger partial charge in [-0.2, -0.15) is 0 Å². The summed E-state index contributed by atoms with van der Waals surface area (Å²) in [5.41, 5.74) is 2.26. The van der Waals surface area contributed by atoms with Gasteiger partial charge in [-0.15, -0.1) is 0 Å². The Morgan fingerprint density at radius 1 is 1.12 bits per heavy atom. The topological polar surface area (TPSA) is 36.4 Å². The van der Waals surface area contributed by atoms with Gasteiger partial charge in [-0.1, -0.05) is 25.3 Å². The molecule has 1 aliphatic heterocycles. The summed E-state index contributed by atoms with van der Waals surface area (Å²) in [6, 6.07) is 6.23. The van der Waals surface area contributed by atoms with E-state index in [0.717, 1.165) is 51.3 Å². The van der Waals surface area contributed by atoms with Gasteiger partial charge in [-0.25, -0.2) is 0 Å². The van der Waals surface area contributed by atoms with E-state index in [1.54, 1.807) is 0 Å². The number of rotatable bonds is 5. The Kier molecular flexibility index (Phi) is 6.24. The van der Waals surface area contributed by atoms with Crippen LogP contribution in [0.4, 0.5) is 0 Å². The Bertz CT molecular complexity index is 531. The lowest BCUT2D eigenvalue weighted by Gasteiger charge is -2.35. The molecule has 1 saturated heterocycles. The van der Waals surface area contributed by atoms with Crippen molar-refractivity contribution in [3.8, 4) is 0 Å². The van der Waals surface area contributed by atoms with Crippen LogP contribution in [-0.2, 0) is 11.2 Å². The van der Waals surface area contributed by atoms with Crippen LogP contribution in [0.3, 0.4) is 0 Å². The van der Waals surface area contributed by atoms with Gasteiger partial charge < -0.3 is 4.90 Å². The number of amides is 1. The highest BCUT2D eigenvalue weighted by Gasteiger charge is 2.24. The lowest BCUT2D eigenvalue weighted by Crippen LogP contribution is -2.49. The summed E-state index contributed by atoms with van der Waals surface area (Å²) < 4.78 is 0. The number of piperazine rings is 1. The van der Waals surface area contributed by atoms with E-state index in [1.807, 2.05) is 13.0 Å². The van der Waals surface area contributed by atoms with Gasteiger partial charge in [0, 0.05) is 57.0 Å². The highest BCUT2D eigenvalue weighted by atomic mass is 16.2. The predicted octanol–water partition coefficient (Wildman–Crippen LogP) is 3.05. The molecule has 0 N–H and O–H groups in total. The molecular formula is C20H31N3O. The molecule has 1 aromatic heterocycles. The molecule has 1 saturated carbocycles. The Balaban J connectivity index is 1.38. The second-order valence-electron chi connectivity index (χ2n) is 7.45. The minimum atomic E-state index is 0.391. The van der Waals surface area contributed by atoms with Crippen molar-refractivity contribution in [2.75, 3.05) is 32.7 Å². The van der Waals surface area contributed by atoms with E-state index in [4.69, 9.17) is 0 Å². The van der Waals surface area contributed by atoms with Crippen LogP contribution in [0.15, 0.2) is 18.2 Å². The quantitative estimate of drug-likeness (QED) is 0.833. The maximum Gasteiger partial charge on any atom is 0.222 e. The number of hydrogen-bond donors (Lipinski definition) is 0. The van der Waals surface area contributed by atoms with Crippen molar-refractivity contribution < 1.29 is 4.79 Å². The molecule has 2 heterocycles. The van der Waals surface area contributed by atoms with Crippen LogP contribution in [0, 0.1) is 12.8 Å². The van der Waals surface area contributed by atoms with Gasteiger partial charge in [0.05, 0.1) is 0 Å². The van der Waals surface area contributed by atoms with E-state index in [0.29, 0.717) is 11.8 Å². The van der Waals surface area contributed by atoms with E-state index in [1.165, 1.54) is 37.8 Å². The first-order chi connectivity index (χ1) is 11.7. The number of nitrogens with zero attached hydrogens (tertiary/aromatic N) is 3. The van der Waals surface area contributed by atoms with E-state index in [9.17, 15) is 4.79 Å². The minimum absolute atomic E-state index is 0.391. The highest BCUT2D eigenvalue weighted by Crippen LogP contribution is 2.27. The maximum atomic E-state index is 12.5. The summed E-state index contributed by atoms with van der Waals surface area (Å²) in [6.45, 7) is 6.88. The molecule has 0 unspecified atom stereocenters. The van der Waals surface area contributed by atoms with Crippen molar-refractivity contribution >= 4 is 5.91 Å². The van der Waals surface area contributed by atoms with Crippen LogP contribution in [0.1, 0.15) is 49.9 Å². The van der Waals surface area contributed by atoms with Gasteiger partial charge in [-0.3, -0.25) is 14.7 Å². The molecule has 1 aliphatic carbocycles. The molecule has 1 amide bonds. The summed E-state index contributed by atoms with van der Waals surface area (Å²) in [6.07, 6.45) is 8.30. The standard InChI is InChI=1S/C20H31N3O/c1-17-6-5-9-19(21-17)10-11-22-12-14-23(15-13-22)20(24)16-18-7-3-2-4-8-18/h5-6,9,18H,2-4,7-8,10-16H2,1H3. The van der Waals surface area contributed by atoms with E-state index >= 15 is 0 Å². The molecular weight excluding hydrogens is 298 g/mol. The number of pyridine rings is 1. The number of aromatic nitrogens is 1. The second-order valence-corrected chi connectivity index (χ2v) is 7.45. The average molecular weight is 329 g/mol. The van der Waals surface area contributed by atoms with Crippen molar-refractivity contribution in [1.82, 2.24) is 14.8 Å². The molecule has 0 atom stereocenters. The van der Waals surface area contributed by atoms with Gasteiger partial charge in [-0.05, 0) is 37.8 Å². The zero-order chi connectivity index (χ0) is 16.8.